The molecule has 3 heteroatoms. The van der Waals surface area contributed by atoms with Crippen molar-refractivity contribution in [2.45, 2.75) is 44.9 Å². The molecule has 0 unspecified atom stereocenters. The second kappa shape index (κ2) is 5.31. The van der Waals surface area contributed by atoms with E-state index in [-0.39, 0.29) is 10.7 Å². The minimum atomic E-state index is -0.253. The third-order valence-corrected chi connectivity index (χ3v) is 3.79. The van der Waals surface area contributed by atoms with Gasteiger partial charge in [-0.05, 0) is 47.9 Å². The van der Waals surface area contributed by atoms with E-state index in [1.165, 1.54) is 11.1 Å². The van der Waals surface area contributed by atoms with E-state index < -0.39 is 0 Å². The van der Waals surface area contributed by atoms with Gasteiger partial charge in [-0.25, -0.2) is 0 Å². The maximum absolute atomic E-state index is 10.7. The van der Waals surface area contributed by atoms with Gasteiger partial charge in [0.1, 0.15) is 5.75 Å². The SMILES string of the molecule is CC1(C)CCOc2ccc(CCCC(=O)Cl)cc21. The Kier molecular flexibility index (Phi) is 3.96. The quantitative estimate of drug-likeness (QED) is 0.774. The molecule has 0 fully saturated rings. The molecule has 0 bridgehead atoms. The number of halogens is 1. The zero-order chi connectivity index (χ0) is 13.2. The Balaban J connectivity index is 2.13. The third-order valence-electron chi connectivity index (χ3n) is 3.60. The van der Waals surface area contributed by atoms with Crippen LogP contribution in [0.5, 0.6) is 5.75 Å². The first-order valence-electron chi connectivity index (χ1n) is 6.43. The summed E-state index contributed by atoms with van der Waals surface area (Å²) in [6.07, 6.45) is 3.19. The number of aryl methyl sites for hydroxylation is 1. The lowest BCUT2D eigenvalue weighted by Crippen LogP contribution is -2.26. The lowest BCUT2D eigenvalue weighted by Gasteiger charge is -2.32. The van der Waals surface area contributed by atoms with Crippen molar-refractivity contribution >= 4 is 16.8 Å². The molecule has 0 spiro atoms. The second-order valence-corrected chi connectivity index (χ2v) is 5.94. The van der Waals surface area contributed by atoms with Gasteiger partial charge in [0.2, 0.25) is 5.24 Å². The van der Waals surface area contributed by atoms with Gasteiger partial charge in [0.25, 0.3) is 0 Å². The van der Waals surface area contributed by atoms with Crippen molar-refractivity contribution in [1.82, 2.24) is 0 Å². The van der Waals surface area contributed by atoms with Gasteiger partial charge in [-0.1, -0.05) is 26.0 Å². The third kappa shape index (κ3) is 3.05. The summed E-state index contributed by atoms with van der Waals surface area (Å²) in [5.74, 6) is 1.00. The number of fused-ring (bicyclic) bond motifs is 1. The molecular weight excluding hydrogens is 248 g/mol. The molecule has 0 N–H and O–H groups in total. The summed E-state index contributed by atoms with van der Waals surface area (Å²) in [6.45, 7) is 5.29. The van der Waals surface area contributed by atoms with Crippen LogP contribution in [0.4, 0.5) is 0 Å². The average molecular weight is 267 g/mol. The molecule has 0 saturated carbocycles. The van der Waals surface area contributed by atoms with Gasteiger partial charge in [0, 0.05) is 12.0 Å². The molecule has 98 valence electrons. The Bertz CT molecular complexity index is 452. The van der Waals surface area contributed by atoms with Gasteiger partial charge in [-0.3, -0.25) is 4.79 Å². The summed E-state index contributed by atoms with van der Waals surface area (Å²) in [5, 5.41) is -0.253. The summed E-state index contributed by atoms with van der Waals surface area (Å²) in [7, 11) is 0. The van der Waals surface area contributed by atoms with Crippen LogP contribution < -0.4 is 4.74 Å². The zero-order valence-corrected chi connectivity index (χ0v) is 11.7. The minimum Gasteiger partial charge on any atom is -0.493 e. The summed E-state index contributed by atoms with van der Waals surface area (Å²) in [5.41, 5.74) is 2.71. The summed E-state index contributed by atoms with van der Waals surface area (Å²) >= 11 is 5.35. The van der Waals surface area contributed by atoms with E-state index in [0.29, 0.717) is 6.42 Å². The number of carbonyl (C=O) groups excluding carboxylic acids is 1. The predicted molar refractivity (Wildman–Crippen MR) is 73.4 cm³/mol. The van der Waals surface area contributed by atoms with Crippen LogP contribution in [0.15, 0.2) is 18.2 Å². The van der Waals surface area contributed by atoms with Crippen LogP contribution in [-0.4, -0.2) is 11.8 Å². The normalized spacial score (nSPS) is 16.8. The maximum atomic E-state index is 10.7. The van der Waals surface area contributed by atoms with Crippen LogP contribution in [0.25, 0.3) is 0 Å². The topological polar surface area (TPSA) is 26.3 Å². The predicted octanol–water partition coefficient (Wildman–Crippen LogP) is 3.83. The van der Waals surface area contributed by atoms with Gasteiger partial charge >= 0.3 is 0 Å². The molecule has 1 aromatic rings. The zero-order valence-electron chi connectivity index (χ0n) is 11.0. The van der Waals surface area contributed by atoms with Gasteiger partial charge < -0.3 is 4.74 Å². The van der Waals surface area contributed by atoms with Crippen molar-refractivity contribution in [1.29, 1.82) is 0 Å². The molecular formula is C15H19ClO2. The highest BCUT2D eigenvalue weighted by Gasteiger charge is 2.28. The molecule has 0 saturated heterocycles. The van der Waals surface area contributed by atoms with Crippen molar-refractivity contribution in [3.05, 3.63) is 29.3 Å². The Morgan fingerprint density at radius 3 is 2.94 bits per heavy atom. The molecule has 1 aliphatic heterocycles. The van der Waals surface area contributed by atoms with E-state index in [4.69, 9.17) is 16.3 Å². The fourth-order valence-electron chi connectivity index (χ4n) is 2.37. The number of hydrogen-bond acceptors (Lipinski definition) is 2. The Hall–Kier alpha value is -1.02. The lowest BCUT2D eigenvalue weighted by molar-refractivity contribution is -0.111. The maximum Gasteiger partial charge on any atom is 0.221 e. The van der Waals surface area contributed by atoms with Gasteiger partial charge in [0.05, 0.1) is 6.61 Å². The molecule has 0 amide bonds. The molecule has 18 heavy (non-hydrogen) atoms. The molecule has 2 rings (SSSR count). The lowest BCUT2D eigenvalue weighted by atomic mass is 9.79. The summed E-state index contributed by atoms with van der Waals surface area (Å²) < 4.78 is 5.68. The van der Waals surface area contributed by atoms with E-state index in [9.17, 15) is 4.79 Å². The van der Waals surface area contributed by atoms with Gasteiger partial charge in [0.15, 0.2) is 0 Å². The van der Waals surface area contributed by atoms with E-state index in [0.717, 1.165) is 31.6 Å². The highest BCUT2D eigenvalue weighted by molar-refractivity contribution is 6.63. The first-order valence-corrected chi connectivity index (χ1v) is 6.81. The number of hydrogen-bond donors (Lipinski definition) is 0. The van der Waals surface area contributed by atoms with Crippen LogP contribution in [0.1, 0.15) is 44.2 Å². The number of ether oxygens (including phenoxy) is 1. The number of benzene rings is 1. The molecule has 0 aromatic heterocycles. The molecule has 2 nitrogen and oxygen atoms in total. The summed E-state index contributed by atoms with van der Waals surface area (Å²) in [4.78, 5) is 10.7. The highest BCUT2D eigenvalue weighted by Crippen LogP contribution is 2.38. The first-order chi connectivity index (χ1) is 8.49. The van der Waals surface area contributed by atoms with Gasteiger partial charge in [-0.2, -0.15) is 0 Å². The van der Waals surface area contributed by atoms with Crippen LogP contribution in [0.2, 0.25) is 0 Å². The van der Waals surface area contributed by atoms with Crippen molar-refractivity contribution in [2.75, 3.05) is 6.61 Å². The van der Waals surface area contributed by atoms with E-state index in [1.54, 1.807) is 0 Å². The monoisotopic (exact) mass is 266 g/mol. The Morgan fingerprint density at radius 1 is 1.44 bits per heavy atom. The van der Waals surface area contributed by atoms with E-state index in [1.807, 2.05) is 6.07 Å². The molecule has 0 aliphatic carbocycles. The summed E-state index contributed by atoms with van der Waals surface area (Å²) in [6, 6.07) is 6.35. The van der Waals surface area contributed by atoms with Crippen molar-refractivity contribution in [3.63, 3.8) is 0 Å². The highest BCUT2D eigenvalue weighted by atomic mass is 35.5. The smallest absolute Gasteiger partial charge is 0.221 e. The van der Waals surface area contributed by atoms with Crippen LogP contribution >= 0.6 is 11.6 Å². The van der Waals surface area contributed by atoms with Crippen molar-refractivity contribution in [2.24, 2.45) is 0 Å². The Morgan fingerprint density at radius 2 is 2.22 bits per heavy atom. The average Bonchev–Trinajstić information content (AvgIpc) is 2.29. The molecule has 1 aromatic carbocycles. The number of rotatable bonds is 4. The van der Waals surface area contributed by atoms with Crippen LogP contribution in [0, 0.1) is 0 Å². The van der Waals surface area contributed by atoms with E-state index in [2.05, 4.69) is 26.0 Å². The Labute approximate surface area is 113 Å². The molecule has 1 heterocycles. The largest absolute Gasteiger partial charge is 0.493 e. The van der Waals surface area contributed by atoms with Crippen molar-refractivity contribution < 1.29 is 9.53 Å². The standard InChI is InChI=1S/C15H19ClO2/c1-15(2)8-9-18-13-7-6-11(10-12(13)15)4-3-5-14(16)17/h6-7,10H,3-5,8-9H2,1-2H3. The molecule has 0 atom stereocenters. The first kappa shape index (κ1) is 13.4. The fraction of sp³-hybridized carbons (Fsp3) is 0.533. The fourth-order valence-corrected chi connectivity index (χ4v) is 2.50. The van der Waals surface area contributed by atoms with Gasteiger partial charge in [-0.15, -0.1) is 0 Å². The number of carbonyl (C=O) groups is 1. The van der Waals surface area contributed by atoms with Crippen molar-refractivity contribution in [3.8, 4) is 5.75 Å². The second-order valence-electron chi connectivity index (χ2n) is 5.52. The minimum absolute atomic E-state index is 0.173. The van der Waals surface area contributed by atoms with Crippen LogP contribution in [-0.2, 0) is 16.6 Å². The molecule has 0 radical (unpaired) electrons. The molecule has 1 aliphatic rings. The van der Waals surface area contributed by atoms with E-state index >= 15 is 0 Å². The van der Waals surface area contributed by atoms with Crippen LogP contribution in [0.3, 0.4) is 0 Å².